The number of nitrogens with zero attached hydrogens (tertiary/aromatic N) is 2. The van der Waals surface area contributed by atoms with Gasteiger partial charge in [-0.05, 0) is 13.8 Å². The van der Waals surface area contributed by atoms with Crippen molar-refractivity contribution < 1.29 is 19.5 Å². The highest BCUT2D eigenvalue weighted by Gasteiger charge is 2.14. The van der Waals surface area contributed by atoms with Crippen molar-refractivity contribution >= 4 is 11.7 Å². The number of carbonyl (C=O) groups is 1. The Bertz CT molecular complexity index is 249. The zero-order valence-electron chi connectivity index (χ0n) is 11.1. The van der Waals surface area contributed by atoms with E-state index in [1.165, 1.54) is 0 Å². The van der Waals surface area contributed by atoms with Crippen molar-refractivity contribution in [2.24, 2.45) is 10.9 Å². The van der Waals surface area contributed by atoms with Crippen molar-refractivity contribution in [3.05, 3.63) is 0 Å². The Morgan fingerprint density at radius 2 is 1.72 bits per heavy atom. The normalized spacial score (nSPS) is 11.6. The molecule has 7 nitrogen and oxygen atoms in total. The first-order valence-electron chi connectivity index (χ1n) is 6.05. The van der Waals surface area contributed by atoms with Crippen LogP contribution in [0.3, 0.4) is 0 Å². The molecular weight excluding hydrogens is 238 g/mol. The van der Waals surface area contributed by atoms with E-state index >= 15 is 0 Å². The van der Waals surface area contributed by atoms with E-state index < -0.39 is 0 Å². The van der Waals surface area contributed by atoms with Gasteiger partial charge in [-0.2, -0.15) is 0 Å². The molecule has 0 aromatic carbocycles. The Hall–Kier alpha value is -1.34. The van der Waals surface area contributed by atoms with Gasteiger partial charge in [0.15, 0.2) is 0 Å². The summed E-state index contributed by atoms with van der Waals surface area (Å²) in [4.78, 5) is 13.4. The molecule has 0 atom stereocenters. The van der Waals surface area contributed by atoms with Crippen LogP contribution in [0.5, 0.6) is 0 Å². The van der Waals surface area contributed by atoms with Crippen molar-refractivity contribution in [3.8, 4) is 0 Å². The monoisotopic (exact) mass is 261 g/mol. The molecule has 3 N–H and O–H groups in total. The summed E-state index contributed by atoms with van der Waals surface area (Å²) >= 11 is 0. The third kappa shape index (κ3) is 7.86. The predicted molar refractivity (Wildman–Crippen MR) is 67.6 cm³/mol. The first-order valence-corrected chi connectivity index (χ1v) is 6.05. The van der Waals surface area contributed by atoms with Crippen molar-refractivity contribution in [1.82, 2.24) is 4.90 Å². The van der Waals surface area contributed by atoms with Gasteiger partial charge in [0.25, 0.3) is 0 Å². The average molecular weight is 261 g/mol. The molecule has 0 aromatic rings. The lowest BCUT2D eigenvalue weighted by atomic mass is 10.3. The molecule has 0 aliphatic carbocycles. The number of rotatable bonds is 10. The Morgan fingerprint density at radius 3 is 2.11 bits per heavy atom. The SMILES string of the molecule is CCOCCN(CCOCC)C(=O)CC(N)=NO. The summed E-state index contributed by atoms with van der Waals surface area (Å²) in [6, 6.07) is 0. The molecule has 0 rings (SSSR count). The largest absolute Gasteiger partial charge is 0.409 e. The maximum absolute atomic E-state index is 11.8. The van der Waals surface area contributed by atoms with Crippen molar-refractivity contribution in [2.45, 2.75) is 20.3 Å². The van der Waals surface area contributed by atoms with Crippen LogP contribution in [-0.4, -0.2) is 61.4 Å². The Morgan fingerprint density at radius 1 is 1.22 bits per heavy atom. The molecular formula is C11H23N3O4. The molecule has 18 heavy (non-hydrogen) atoms. The third-order valence-electron chi connectivity index (χ3n) is 2.23. The quantitative estimate of drug-likeness (QED) is 0.190. The van der Waals surface area contributed by atoms with E-state index in [9.17, 15) is 4.79 Å². The average Bonchev–Trinajstić information content (AvgIpc) is 2.37. The lowest BCUT2D eigenvalue weighted by molar-refractivity contribution is -0.131. The summed E-state index contributed by atoms with van der Waals surface area (Å²) in [6.45, 7) is 6.86. The summed E-state index contributed by atoms with van der Waals surface area (Å²) in [5.41, 5.74) is 5.31. The molecule has 0 unspecified atom stereocenters. The topological polar surface area (TPSA) is 97.4 Å². The summed E-state index contributed by atoms with van der Waals surface area (Å²) in [7, 11) is 0. The molecule has 0 aliphatic rings. The molecule has 0 radical (unpaired) electrons. The summed E-state index contributed by atoms with van der Waals surface area (Å²) in [6.07, 6.45) is -0.102. The molecule has 106 valence electrons. The molecule has 0 heterocycles. The highest BCUT2D eigenvalue weighted by atomic mass is 16.5. The number of oxime groups is 1. The molecule has 1 amide bonds. The van der Waals surface area contributed by atoms with Crippen LogP contribution >= 0.6 is 0 Å². The smallest absolute Gasteiger partial charge is 0.230 e. The summed E-state index contributed by atoms with van der Waals surface area (Å²) in [5.74, 6) is -0.303. The number of carbonyl (C=O) groups excluding carboxylic acids is 1. The van der Waals surface area contributed by atoms with Crippen LogP contribution in [0.25, 0.3) is 0 Å². The van der Waals surface area contributed by atoms with E-state index in [4.69, 9.17) is 20.4 Å². The molecule has 0 aromatic heterocycles. The molecule has 7 heteroatoms. The number of hydrogen-bond acceptors (Lipinski definition) is 5. The number of nitrogens with two attached hydrogens (primary N) is 1. The van der Waals surface area contributed by atoms with Gasteiger partial charge in [0, 0.05) is 26.3 Å². The summed E-state index contributed by atoms with van der Waals surface area (Å²) < 4.78 is 10.4. The molecule has 0 bridgehead atoms. The summed E-state index contributed by atoms with van der Waals surface area (Å²) in [5, 5.41) is 11.2. The Balaban J connectivity index is 4.20. The minimum Gasteiger partial charge on any atom is -0.409 e. The lowest BCUT2D eigenvalue weighted by Crippen LogP contribution is -2.38. The van der Waals surface area contributed by atoms with Gasteiger partial charge in [0.2, 0.25) is 5.91 Å². The van der Waals surface area contributed by atoms with E-state index in [2.05, 4.69) is 5.16 Å². The fourth-order valence-corrected chi connectivity index (χ4v) is 1.30. The van der Waals surface area contributed by atoms with Gasteiger partial charge in [-0.1, -0.05) is 5.16 Å². The van der Waals surface area contributed by atoms with Gasteiger partial charge in [-0.15, -0.1) is 0 Å². The van der Waals surface area contributed by atoms with Gasteiger partial charge in [-0.25, -0.2) is 0 Å². The van der Waals surface area contributed by atoms with Crippen LogP contribution in [0.1, 0.15) is 20.3 Å². The van der Waals surface area contributed by atoms with E-state index in [-0.39, 0.29) is 18.2 Å². The number of amidine groups is 1. The van der Waals surface area contributed by atoms with Crippen LogP contribution < -0.4 is 5.73 Å². The highest BCUT2D eigenvalue weighted by Crippen LogP contribution is 1.96. The standard InChI is InChI=1S/C11H23N3O4/c1-3-17-7-5-14(6-8-18-4-2)11(15)9-10(12)13-16/h16H,3-9H2,1-2H3,(H2,12,13). The highest BCUT2D eigenvalue weighted by molar-refractivity contribution is 5.98. The molecule has 0 saturated carbocycles. The van der Waals surface area contributed by atoms with Gasteiger partial charge in [-0.3, -0.25) is 4.79 Å². The van der Waals surface area contributed by atoms with E-state index in [1.54, 1.807) is 4.90 Å². The second-order valence-electron chi connectivity index (χ2n) is 3.54. The first-order chi connectivity index (χ1) is 8.65. The van der Waals surface area contributed by atoms with Crippen LogP contribution in [0, 0.1) is 0 Å². The Kier molecular flexibility index (Phi) is 9.99. The zero-order valence-corrected chi connectivity index (χ0v) is 11.1. The second kappa shape index (κ2) is 10.8. The van der Waals surface area contributed by atoms with Gasteiger partial charge in [0.05, 0.1) is 19.6 Å². The van der Waals surface area contributed by atoms with Crippen LogP contribution in [0.15, 0.2) is 5.16 Å². The van der Waals surface area contributed by atoms with Gasteiger partial charge >= 0.3 is 0 Å². The van der Waals surface area contributed by atoms with Gasteiger partial charge < -0.3 is 25.3 Å². The Labute approximate surface area is 108 Å². The molecule has 0 aliphatic heterocycles. The number of hydrogen-bond donors (Lipinski definition) is 2. The fourth-order valence-electron chi connectivity index (χ4n) is 1.30. The van der Waals surface area contributed by atoms with E-state index in [0.717, 1.165) is 0 Å². The molecule has 0 spiro atoms. The maximum atomic E-state index is 11.8. The fraction of sp³-hybridized carbons (Fsp3) is 0.818. The minimum atomic E-state index is -0.204. The molecule has 0 saturated heterocycles. The van der Waals surface area contributed by atoms with E-state index in [0.29, 0.717) is 39.5 Å². The first kappa shape index (κ1) is 16.7. The third-order valence-corrected chi connectivity index (χ3v) is 2.23. The van der Waals surface area contributed by atoms with Crippen LogP contribution in [0.2, 0.25) is 0 Å². The van der Waals surface area contributed by atoms with Crippen molar-refractivity contribution in [2.75, 3.05) is 39.5 Å². The van der Waals surface area contributed by atoms with Gasteiger partial charge in [0.1, 0.15) is 5.84 Å². The van der Waals surface area contributed by atoms with Crippen molar-refractivity contribution in [3.63, 3.8) is 0 Å². The van der Waals surface area contributed by atoms with Crippen molar-refractivity contribution in [1.29, 1.82) is 0 Å². The lowest BCUT2D eigenvalue weighted by Gasteiger charge is -2.22. The number of amides is 1. The maximum Gasteiger partial charge on any atom is 0.230 e. The predicted octanol–water partition coefficient (Wildman–Crippen LogP) is 0.0245. The zero-order chi connectivity index (χ0) is 13.8. The molecule has 0 fully saturated rings. The number of ether oxygens (including phenoxy) is 2. The van der Waals surface area contributed by atoms with Crippen LogP contribution in [-0.2, 0) is 14.3 Å². The minimum absolute atomic E-state index is 0.0992. The van der Waals surface area contributed by atoms with E-state index in [1.807, 2.05) is 13.8 Å². The second-order valence-corrected chi connectivity index (χ2v) is 3.54. The van der Waals surface area contributed by atoms with Crippen LogP contribution in [0.4, 0.5) is 0 Å².